The van der Waals surface area contributed by atoms with Gasteiger partial charge >= 0.3 is 0 Å². The fourth-order valence-corrected chi connectivity index (χ4v) is 3.69. The highest BCUT2D eigenvalue weighted by Crippen LogP contribution is 2.36. The number of fused-ring (bicyclic) bond motifs is 1. The summed E-state index contributed by atoms with van der Waals surface area (Å²) in [6.07, 6.45) is 2.20. The highest BCUT2D eigenvalue weighted by Gasteiger charge is 2.42. The van der Waals surface area contributed by atoms with Crippen molar-refractivity contribution in [3.8, 4) is 0 Å². The molecule has 3 N–H and O–H groups in total. The van der Waals surface area contributed by atoms with E-state index in [9.17, 15) is 14.0 Å². The number of carbonyl (C=O) groups is 2. The summed E-state index contributed by atoms with van der Waals surface area (Å²) in [6.45, 7) is 1.43. The van der Waals surface area contributed by atoms with Crippen molar-refractivity contribution >= 4 is 11.8 Å². The van der Waals surface area contributed by atoms with E-state index in [-0.39, 0.29) is 36.6 Å². The van der Waals surface area contributed by atoms with Gasteiger partial charge in [-0.15, -0.1) is 0 Å². The van der Waals surface area contributed by atoms with Crippen molar-refractivity contribution < 1.29 is 14.0 Å². The van der Waals surface area contributed by atoms with Crippen LogP contribution in [-0.2, 0) is 16.0 Å². The van der Waals surface area contributed by atoms with Gasteiger partial charge in [0.05, 0.1) is 13.0 Å². The van der Waals surface area contributed by atoms with Gasteiger partial charge < -0.3 is 16.0 Å². The van der Waals surface area contributed by atoms with Gasteiger partial charge in [-0.3, -0.25) is 9.59 Å². The van der Waals surface area contributed by atoms with E-state index in [4.69, 9.17) is 5.73 Å². The zero-order chi connectivity index (χ0) is 16.4. The van der Waals surface area contributed by atoms with Crippen LogP contribution in [0.25, 0.3) is 0 Å². The highest BCUT2D eigenvalue weighted by atomic mass is 19.1. The van der Waals surface area contributed by atoms with Gasteiger partial charge in [-0.25, -0.2) is 4.39 Å². The van der Waals surface area contributed by atoms with Crippen molar-refractivity contribution in [1.82, 2.24) is 10.2 Å². The van der Waals surface area contributed by atoms with Crippen molar-refractivity contribution in [2.75, 3.05) is 19.6 Å². The van der Waals surface area contributed by atoms with E-state index in [1.54, 1.807) is 17.0 Å². The summed E-state index contributed by atoms with van der Waals surface area (Å²) in [5, 5.41) is 2.62. The molecular formula is C17H22FN3O2. The van der Waals surface area contributed by atoms with Crippen LogP contribution in [0.3, 0.4) is 0 Å². The Morgan fingerprint density at radius 1 is 1.30 bits per heavy atom. The van der Waals surface area contributed by atoms with Crippen molar-refractivity contribution in [3.63, 3.8) is 0 Å². The summed E-state index contributed by atoms with van der Waals surface area (Å²) >= 11 is 0. The standard InChI is InChI=1S/C17H22FN3O2/c18-13-3-1-2-11(6-13)7-16(22)20-8-17(23)21-9-12-4-5-15(19)14(12)10-21/h1-3,6,12,14-15H,4-5,7-10,19H2,(H,20,22). The van der Waals surface area contributed by atoms with Crippen LogP contribution in [0.2, 0.25) is 0 Å². The van der Waals surface area contributed by atoms with Crippen molar-refractivity contribution in [2.45, 2.75) is 25.3 Å². The Hall–Kier alpha value is -1.95. The van der Waals surface area contributed by atoms with Crippen molar-refractivity contribution in [3.05, 3.63) is 35.6 Å². The number of amides is 2. The van der Waals surface area contributed by atoms with E-state index < -0.39 is 0 Å². The Morgan fingerprint density at radius 2 is 2.13 bits per heavy atom. The van der Waals surface area contributed by atoms with E-state index in [0.29, 0.717) is 23.9 Å². The number of rotatable bonds is 4. The van der Waals surface area contributed by atoms with E-state index in [0.717, 1.165) is 19.4 Å². The molecule has 6 heteroatoms. The summed E-state index contributed by atoms with van der Waals surface area (Å²) < 4.78 is 13.1. The molecule has 2 aliphatic rings. The van der Waals surface area contributed by atoms with Gasteiger partial charge in [0, 0.05) is 19.1 Å². The lowest BCUT2D eigenvalue weighted by molar-refractivity contribution is -0.132. The molecule has 3 atom stereocenters. The Balaban J connectivity index is 1.45. The second-order valence-electron chi connectivity index (χ2n) is 6.55. The molecular weight excluding hydrogens is 297 g/mol. The molecule has 0 spiro atoms. The minimum absolute atomic E-state index is 0.0111. The summed E-state index contributed by atoms with van der Waals surface area (Å²) in [5.74, 6) is 0.199. The molecule has 1 saturated heterocycles. The number of likely N-dealkylation sites (tertiary alicyclic amines) is 1. The number of nitrogens with one attached hydrogen (secondary N) is 1. The molecule has 0 bridgehead atoms. The average molecular weight is 319 g/mol. The van der Waals surface area contributed by atoms with E-state index >= 15 is 0 Å². The molecule has 3 rings (SSSR count). The molecule has 1 aromatic carbocycles. The van der Waals surface area contributed by atoms with Gasteiger partial charge in [-0.2, -0.15) is 0 Å². The molecule has 3 unspecified atom stereocenters. The minimum atomic E-state index is -0.369. The Kier molecular flexibility index (Phi) is 4.61. The van der Waals surface area contributed by atoms with Gasteiger partial charge in [-0.05, 0) is 42.4 Å². The third-order valence-electron chi connectivity index (χ3n) is 4.96. The third-order valence-corrected chi connectivity index (χ3v) is 4.96. The van der Waals surface area contributed by atoms with Crippen LogP contribution in [0.15, 0.2) is 24.3 Å². The molecule has 2 fully saturated rings. The maximum atomic E-state index is 13.1. The van der Waals surface area contributed by atoms with E-state index in [2.05, 4.69) is 5.32 Å². The summed E-state index contributed by atoms with van der Waals surface area (Å²) in [7, 11) is 0. The average Bonchev–Trinajstić information content (AvgIpc) is 3.07. The number of hydrogen-bond acceptors (Lipinski definition) is 3. The lowest BCUT2D eigenvalue weighted by atomic mass is 9.98. The van der Waals surface area contributed by atoms with Crippen LogP contribution in [0, 0.1) is 17.7 Å². The first kappa shape index (κ1) is 15.9. The normalized spacial score (nSPS) is 26.2. The monoisotopic (exact) mass is 319 g/mol. The highest BCUT2D eigenvalue weighted by molar-refractivity contribution is 5.85. The predicted molar refractivity (Wildman–Crippen MR) is 83.9 cm³/mol. The van der Waals surface area contributed by atoms with E-state index in [1.807, 2.05) is 0 Å². The number of nitrogens with zero attached hydrogens (tertiary/aromatic N) is 1. The molecule has 0 radical (unpaired) electrons. The second kappa shape index (κ2) is 6.66. The second-order valence-corrected chi connectivity index (χ2v) is 6.55. The molecule has 23 heavy (non-hydrogen) atoms. The minimum Gasteiger partial charge on any atom is -0.347 e. The first-order chi connectivity index (χ1) is 11.0. The molecule has 1 aliphatic carbocycles. The SMILES string of the molecule is NC1CCC2CN(C(=O)CNC(=O)Cc3cccc(F)c3)CC12. The van der Waals surface area contributed by atoms with Crippen molar-refractivity contribution in [2.24, 2.45) is 17.6 Å². The van der Waals surface area contributed by atoms with Crippen molar-refractivity contribution in [1.29, 1.82) is 0 Å². The number of halogens is 1. The Bertz CT molecular complexity index is 607. The van der Waals surface area contributed by atoms with Crippen LogP contribution in [0.1, 0.15) is 18.4 Å². The largest absolute Gasteiger partial charge is 0.347 e. The molecule has 0 aromatic heterocycles. The zero-order valence-corrected chi connectivity index (χ0v) is 13.0. The van der Waals surface area contributed by atoms with Crippen LogP contribution in [-0.4, -0.2) is 42.4 Å². The van der Waals surface area contributed by atoms with Gasteiger partial charge in [0.1, 0.15) is 5.82 Å². The lowest BCUT2D eigenvalue weighted by Crippen LogP contribution is -2.40. The van der Waals surface area contributed by atoms with Crippen LogP contribution in [0.4, 0.5) is 4.39 Å². The molecule has 1 aromatic rings. The molecule has 124 valence electrons. The van der Waals surface area contributed by atoms with Gasteiger partial charge in [-0.1, -0.05) is 12.1 Å². The van der Waals surface area contributed by atoms with Gasteiger partial charge in [0.2, 0.25) is 11.8 Å². The summed E-state index contributed by atoms with van der Waals surface area (Å²) in [6, 6.07) is 6.10. The van der Waals surface area contributed by atoms with Gasteiger partial charge in [0.15, 0.2) is 0 Å². The smallest absolute Gasteiger partial charge is 0.241 e. The predicted octanol–water partition coefficient (Wildman–Crippen LogP) is 0.680. The van der Waals surface area contributed by atoms with Gasteiger partial charge in [0.25, 0.3) is 0 Å². The fourth-order valence-electron chi connectivity index (χ4n) is 3.69. The molecule has 1 aliphatic heterocycles. The maximum absolute atomic E-state index is 13.1. The Morgan fingerprint density at radius 3 is 2.87 bits per heavy atom. The third kappa shape index (κ3) is 3.69. The molecule has 5 nitrogen and oxygen atoms in total. The van der Waals surface area contributed by atoms with E-state index in [1.165, 1.54) is 12.1 Å². The zero-order valence-electron chi connectivity index (χ0n) is 13.0. The first-order valence-electron chi connectivity index (χ1n) is 8.07. The quantitative estimate of drug-likeness (QED) is 0.857. The molecule has 1 saturated carbocycles. The number of hydrogen-bond donors (Lipinski definition) is 2. The topological polar surface area (TPSA) is 75.4 Å². The van der Waals surface area contributed by atoms with Crippen LogP contribution in [0.5, 0.6) is 0 Å². The lowest BCUT2D eigenvalue weighted by Gasteiger charge is -2.19. The number of benzene rings is 1. The van der Waals surface area contributed by atoms with Crippen LogP contribution < -0.4 is 11.1 Å². The molecule has 2 amide bonds. The Labute approximate surface area is 135 Å². The maximum Gasteiger partial charge on any atom is 0.241 e. The fraction of sp³-hybridized carbons (Fsp3) is 0.529. The molecule has 1 heterocycles. The first-order valence-corrected chi connectivity index (χ1v) is 8.07. The summed E-state index contributed by atoms with van der Waals surface area (Å²) in [4.78, 5) is 25.9. The summed E-state index contributed by atoms with van der Waals surface area (Å²) in [5.41, 5.74) is 6.66. The van der Waals surface area contributed by atoms with Crippen LogP contribution >= 0.6 is 0 Å². The number of carbonyl (C=O) groups excluding carboxylic acids is 2. The number of nitrogens with two attached hydrogens (primary N) is 1.